The molecule has 0 unspecified atom stereocenters. The van der Waals surface area contributed by atoms with E-state index in [2.05, 4.69) is 39.0 Å². The number of nitrogens with zero attached hydrogens (tertiary/aromatic N) is 3. The first kappa shape index (κ1) is 23.9. The summed E-state index contributed by atoms with van der Waals surface area (Å²) in [5.74, 6) is 0.668. The number of aliphatic imine (C=N–C) groups is 1. The molecule has 3 N–H and O–H groups in total. The monoisotopic (exact) mass is 498 g/mol. The molecule has 0 aliphatic rings. The fourth-order valence-corrected chi connectivity index (χ4v) is 2.80. The van der Waals surface area contributed by atoms with Gasteiger partial charge < -0.3 is 16.0 Å². The first-order valence-electron chi connectivity index (χ1n) is 9.30. The second-order valence-electron chi connectivity index (χ2n) is 6.55. The largest absolute Gasteiger partial charge is 0.356 e. The molecule has 0 fully saturated rings. The lowest BCUT2D eigenvalue weighted by Crippen LogP contribution is -2.42. The summed E-state index contributed by atoms with van der Waals surface area (Å²) in [7, 11) is 1.74. The van der Waals surface area contributed by atoms with E-state index in [1.54, 1.807) is 7.05 Å². The molecular weight excluding hydrogens is 467 g/mol. The molecule has 28 heavy (non-hydrogen) atoms. The topological polar surface area (TPSA) is 83.3 Å². The van der Waals surface area contributed by atoms with Gasteiger partial charge in [0.1, 0.15) is 0 Å². The Kier molecular flexibility index (Phi) is 10.6. The van der Waals surface area contributed by atoms with Gasteiger partial charge in [0.15, 0.2) is 5.96 Å². The summed E-state index contributed by atoms with van der Waals surface area (Å²) in [5.41, 5.74) is 3.98. The Balaban J connectivity index is 0.00000392. The maximum atomic E-state index is 12.1. The Morgan fingerprint density at radius 2 is 1.79 bits per heavy atom. The molecule has 0 saturated heterocycles. The molecule has 0 aliphatic carbocycles. The van der Waals surface area contributed by atoms with E-state index in [-0.39, 0.29) is 29.9 Å². The highest BCUT2D eigenvalue weighted by molar-refractivity contribution is 14.0. The number of carbonyl (C=O) groups is 1. The fraction of sp³-hybridized carbons (Fsp3) is 0.450. The number of aromatic nitrogens is 2. The van der Waals surface area contributed by atoms with Crippen LogP contribution >= 0.6 is 24.0 Å². The molecule has 0 spiro atoms. The van der Waals surface area contributed by atoms with Crippen molar-refractivity contribution in [2.75, 3.05) is 26.7 Å². The normalized spacial score (nSPS) is 10.9. The Labute approximate surface area is 184 Å². The highest BCUT2D eigenvalue weighted by atomic mass is 127. The zero-order chi connectivity index (χ0) is 19.6. The van der Waals surface area contributed by atoms with E-state index < -0.39 is 0 Å². The smallest absolute Gasteiger partial charge is 0.251 e. The van der Waals surface area contributed by atoms with Crippen molar-refractivity contribution in [2.24, 2.45) is 4.99 Å². The van der Waals surface area contributed by atoms with E-state index >= 15 is 0 Å². The number of guanidine groups is 1. The minimum absolute atomic E-state index is 0. The number of rotatable bonds is 8. The summed E-state index contributed by atoms with van der Waals surface area (Å²) in [6.45, 7) is 8.85. The van der Waals surface area contributed by atoms with Gasteiger partial charge in [-0.05, 0) is 45.4 Å². The van der Waals surface area contributed by atoms with Crippen molar-refractivity contribution in [3.05, 3.63) is 52.8 Å². The summed E-state index contributed by atoms with van der Waals surface area (Å²) in [6.07, 6.45) is 0.951. The van der Waals surface area contributed by atoms with Crippen molar-refractivity contribution >= 4 is 35.8 Å². The maximum Gasteiger partial charge on any atom is 0.251 e. The Hall–Kier alpha value is -2.10. The van der Waals surface area contributed by atoms with Gasteiger partial charge in [0, 0.05) is 44.5 Å². The zero-order valence-electron chi connectivity index (χ0n) is 17.1. The van der Waals surface area contributed by atoms with E-state index in [4.69, 9.17) is 0 Å². The summed E-state index contributed by atoms with van der Waals surface area (Å²) >= 11 is 0. The van der Waals surface area contributed by atoms with Crippen LogP contribution in [-0.2, 0) is 6.54 Å². The van der Waals surface area contributed by atoms with Gasteiger partial charge in [0.25, 0.3) is 5.91 Å². The van der Waals surface area contributed by atoms with Gasteiger partial charge in [0.05, 0.1) is 5.69 Å². The Morgan fingerprint density at radius 3 is 2.43 bits per heavy atom. The zero-order valence-corrected chi connectivity index (χ0v) is 19.4. The summed E-state index contributed by atoms with van der Waals surface area (Å²) in [4.78, 5) is 16.3. The molecule has 7 nitrogen and oxygen atoms in total. The molecule has 1 aromatic carbocycles. The SMILES string of the molecule is CN=C(NCCCn1nc(C)cc1C)NCCNC(=O)c1cccc(C)c1.I. The van der Waals surface area contributed by atoms with Gasteiger partial charge in [-0.1, -0.05) is 17.7 Å². The number of carbonyl (C=O) groups excluding carboxylic acids is 1. The fourth-order valence-electron chi connectivity index (χ4n) is 2.80. The van der Waals surface area contributed by atoms with Crippen LogP contribution in [0.15, 0.2) is 35.3 Å². The molecule has 154 valence electrons. The maximum absolute atomic E-state index is 12.1. The molecule has 0 radical (unpaired) electrons. The van der Waals surface area contributed by atoms with E-state index in [0.717, 1.165) is 36.7 Å². The lowest BCUT2D eigenvalue weighted by molar-refractivity contribution is 0.0954. The highest BCUT2D eigenvalue weighted by Gasteiger charge is 2.05. The van der Waals surface area contributed by atoms with Crippen LogP contribution in [0.4, 0.5) is 0 Å². The summed E-state index contributed by atoms with van der Waals surface area (Å²) in [5, 5.41) is 13.8. The molecule has 0 saturated carbocycles. The lowest BCUT2D eigenvalue weighted by Gasteiger charge is -2.13. The van der Waals surface area contributed by atoms with Gasteiger partial charge in [-0.2, -0.15) is 5.10 Å². The molecule has 2 rings (SSSR count). The van der Waals surface area contributed by atoms with Crippen molar-refractivity contribution < 1.29 is 4.79 Å². The van der Waals surface area contributed by atoms with Crippen LogP contribution < -0.4 is 16.0 Å². The third-order valence-corrected chi connectivity index (χ3v) is 4.15. The third kappa shape index (κ3) is 7.87. The lowest BCUT2D eigenvalue weighted by atomic mass is 10.1. The van der Waals surface area contributed by atoms with E-state index in [0.29, 0.717) is 18.7 Å². The van der Waals surface area contributed by atoms with Crippen LogP contribution in [0, 0.1) is 20.8 Å². The molecule has 0 aliphatic heterocycles. The minimum Gasteiger partial charge on any atom is -0.356 e. The predicted octanol–water partition coefficient (Wildman–Crippen LogP) is 2.41. The van der Waals surface area contributed by atoms with Crippen molar-refractivity contribution in [1.82, 2.24) is 25.7 Å². The molecule has 1 amide bonds. The Morgan fingerprint density at radius 1 is 1.07 bits per heavy atom. The van der Waals surface area contributed by atoms with Gasteiger partial charge in [-0.3, -0.25) is 14.5 Å². The average Bonchev–Trinajstić information content (AvgIpc) is 2.97. The van der Waals surface area contributed by atoms with E-state index in [9.17, 15) is 4.79 Å². The van der Waals surface area contributed by atoms with Crippen molar-refractivity contribution in [1.29, 1.82) is 0 Å². The number of nitrogens with one attached hydrogen (secondary N) is 3. The molecule has 1 aromatic heterocycles. The van der Waals surface area contributed by atoms with Crippen LogP contribution in [0.3, 0.4) is 0 Å². The third-order valence-electron chi connectivity index (χ3n) is 4.15. The summed E-state index contributed by atoms with van der Waals surface area (Å²) < 4.78 is 2.02. The second-order valence-corrected chi connectivity index (χ2v) is 6.55. The van der Waals surface area contributed by atoms with Crippen LogP contribution in [0.2, 0.25) is 0 Å². The molecule has 0 atom stereocenters. The predicted molar refractivity (Wildman–Crippen MR) is 125 cm³/mol. The molecule has 1 heterocycles. The Bertz CT molecular complexity index is 787. The van der Waals surface area contributed by atoms with Crippen LogP contribution in [-0.4, -0.2) is 48.3 Å². The van der Waals surface area contributed by atoms with Gasteiger partial charge in [-0.15, -0.1) is 24.0 Å². The van der Waals surface area contributed by atoms with E-state index in [1.807, 2.05) is 42.8 Å². The number of hydrogen-bond acceptors (Lipinski definition) is 3. The molecule has 8 heteroatoms. The molecule has 0 bridgehead atoms. The minimum atomic E-state index is -0.0617. The van der Waals surface area contributed by atoms with Gasteiger partial charge >= 0.3 is 0 Å². The number of aryl methyl sites for hydroxylation is 4. The first-order chi connectivity index (χ1) is 13.0. The first-order valence-corrected chi connectivity index (χ1v) is 9.30. The molecule has 2 aromatic rings. The van der Waals surface area contributed by atoms with Crippen LogP contribution in [0.25, 0.3) is 0 Å². The van der Waals surface area contributed by atoms with Gasteiger partial charge in [-0.25, -0.2) is 0 Å². The van der Waals surface area contributed by atoms with E-state index in [1.165, 1.54) is 5.69 Å². The second kappa shape index (κ2) is 12.4. The number of amides is 1. The molecular formula is C20H31IN6O. The van der Waals surface area contributed by atoms with Crippen molar-refractivity contribution in [3.63, 3.8) is 0 Å². The van der Waals surface area contributed by atoms with Crippen molar-refractivity contribution in [2.45, 2.75) is 33.7 Å². The number of benzene rings is 1. The van der Waals surface area contributed by atoms with Crippen molar-refractivity contribution in [3.8, 4) is 0 Å². The average molecular weight is 498 g/mol. The van der Waals surface area contributed by atoms with Crippen LogP contribution in [0.1, 0.15) is 33.7 Å². The van der Waals surface area contributed by atoms with Gasteiger partial charge in [0.2, 0.25) is 0 Å². The number of hydrogen-bond donors (Lipinski definition) is 3. The highest BCUT2D eigenvalue weighted by Crippen LogP contribution is 2.03. The van der Waals surface area contributed by atoms with Crippen LogP contribution in [0.5, 0.6) is 0 Å². The number of halogens is 1. The summed E-state index contributed by atoms with van der Waals surface area (Å²) in [6, 6.07) is 9.65. The quantitative estimate of drug-likeness (QED) is 0.226. The standard InChI is InChI=1S/C20H30N6O.HI/c1-15-7-5-8-18(13-15)19(27)22-10-11-24-20(21-4)23-9-6-12-26-17(3)14-16(2)25-26;/h5,7-8,13-14H,6,9-12H2,1-4H3,(H,22,27)(H2,21,23,24);1H.